The molecule has 0 radical (unpaired) electrons. The van der Waals surface area contributed by atoms with Crippen LogP contribution in [0.15, 0.2) is 220 Å². The standard InChI is InChI=1S/C71H59N5O2/c1-71(2,3)57-33-19-31-54-62-59(77-68(54)57)42-51(44-72)60-64(62)63-56(66(75-40-35-48(36-41-75)46-22-9-4-10-23-46)67(60)76-39-21-28-50(45-76)47-24-11-5-12-25-47)43-55(65(49-26-13-6-14-27-49)73-52-29-15-7-16-30-52)61-53-32-20-34-58(69(53)78-70(61)63)74-37-17-8-18-38-74/h4,6-10,13-23,26-37,40,42-43,45,47H,5,11-12,24-25,38-39,41H2,1-3H3. The van der Waals surface area contributed by atoms with E-state index in [0.717, 1.165) is 111 Å². The van der Waals surface area contributed by atoms with Gasteiger partial charge in [-0.2, -0.15) is 5.26 Å². The summed E-state index contributed by atoms with van der Waals surface area (Å²) in [6.45, 7) is 8.63. The van der Waals surface area contributed by atoms with Gasteiger partial charge >= 0.3 is 0 Å². The molecule has 4 aliphatic rings. The van der Waals surface area contributed by atoms with Crippen molar-refractivity contribution in [1.29, 1.82) is 5.26 Å². The molecular weight excluding hydrogens is 955 g/mol. The van der Waals surface area contributed by atoms with E-state index in [0.29, 0.717) is 36.7 Å². The van der Waals surface area contributed by atoms with Gasteiger partial charge in [-0.25, -0.2) is 4.99 Å². The number of hydrogen-bond donors (Lipinski definition) is 0. The Bertz CT molecular complexity index is 4320. The molecule has 0 spiro atoms. The fourth-order valence-corrected chi connectivity index (χ4v) is 12.8. The van der Waals surface area contributed by atoms with Crippen molar-refractivity contribution >= 4 is 99.5 Å². The molecule has 8 aromatic carbocycles. The van der Waals surface area contributed by atoms with Gasteiger partial charge in [0.2, 0.25) is 0 Å². The summed E-state index contributed by atoms with van der Waals surface area (Å²) in [4.78, 5) is 12.7. The Labute approximate surface area is 455 Å². The van der Waals surface area contributed by atoms with E-state index in [1.165, 1.54) is 43.2 Å². The smallest absolute Gasteiger partial charge is 0.159 e. The third-order valence-electron chi connectivity index (χ3n) is 16.5. The zero-order valence-electron chi connectivity index (χ0n) is 44.3. The van der Waals surface area contributed by atoms with Crippen LogP contribution in [-0.4, -0.2) is 25.3 Å². The Morgan fingerprint density at radius 2 is 1.35 bits per heavy atom. The summed E-state index contributed by atoms with van der Waals surface area (Å²) >= 11 is 0. The van der Waals surface area contributed by atoms with E-state index in [-0.39, 0.29) is 5.41 Å². The summed E-state index contributed by atoms with van der Waals surface area (Å²) in [6.07, 6.45) is 28.5. The van der Waals surface area contributed by atoms with Crippen molar-refractivity contribution < 1.29 is 8.83 Å². The molecule has 2 aromatic heterocycles. The van der Waals surface area contributed by atoms with Crippen molar-refractivity contribution in [2.75, 3.05) is 34.3 Å². The maximum Gasteiger partial charge on any atom is 0.159 e. The van der Waals surface area contributed by atoms with E-state index in [2.05, 4.69) is 230 Å². The van der Waals surface area contributed by atoms with Gasteiger partial charge in [0.1, 0.15) is 16.7 Å². The van der Waals surface area contributed by atoms with E-state index in [4.69, 9.17) is 13.8 Å². The first-order valence-electron chi connectivity index (χ1n) is 27.7. The average molecular weight is 1010 g/mol. The Balaban J connectivity index is 1.22. The largest absolute Gasteiger partial charge is 0.456 e. The first kappa shape index (κ1) is 47.3. The van der Waals surface area contributed by atoms with E-state index >= 15 is 0 Å². The minimum atomic E-state index is -0.226. The molecule has 0 bridgehead atoms. The third kappa shape index (κ3) is 7.97. The highest BCUT2D eigenvalue weighted by Gasteiger charge is 2.34. The number of fused-ring (bicyclic) bond motifs is 11. The van der Waals surface area contributed by atoms with Gasteiger partial charge in [-0.05, 0) is 83.4 Å². The van der Waals surface area contributed by atoms with Crippen molar-refractivity contribution in [3.8, 4) is 6.07 Å². The predicted molar refractivity (Wildman–Crippen MR) is 325 cm³/mol. The zero-order chi connectivity index (χ0) is 52.5. The van der Waals surface area contributed by atoms with Crippen molar-refractivity contribution in [1.82, 2.24) is 0 Å². The highest BCUT2D eigenvalue weighted by atomic mass is 16.3. The number of nitrogens with zero attached hydrogens (tertiary/aromatic N) is 5. The minimum absolute atomic E-state index is 0.226. The molecule has 3 aliphatic heterocycles. The van der Waals surface area contributed by atoms with Crippen LogP contribution < -0.4 is 14.7 Å². The molecule has 0 saturated heterocycles. The average Bonchev–Trinajstić information content (AvgIpc) is 4.22. The molecule has 0 atom stereocenters. The van der Waals surface area contributed by atoms with Crippen LogP contribution in [0.5, 0.6) is 0 Å². The van der Waals surface area contributed by atoms with Crippen LogP contribution in [-0.2, 0) is 5.41 Å². The van der Waals surface area contributed by atoms with Crippen molar-refractivity contribution in [3.05, 3.63) is 234 Å². The normalized spacial score (nSPS) is 16.4. The van der Waals surface area contributed by atoms with Crippen LogP contribution in [0.3, 0.4) is 0 Å². The number of rotatable bonds is 8. The third-order valence-corrected chi connectivity index (χ3v) is 16.5. The quantitative estimate of drug-likeness (QED) is 0.112. The number of furan rings is 2. The molecule has 7 heteroatoms. The minimum Gasteiger partial charge on any atom is -0.456 e. The molecule has 1 saturated carbocycles. The SMILES string of the molecule is CC(C)(C)c1cccc2c1oc1cc(C#N)c3c(N4C=C(C5CCCCC5)C=CC4)c(N4C=CC(c5ccccc5)=CC4)c4cc(C(=Nc5ccccc5)c5ccccc5)c5c6cccc(N7C=CC=CC7)c6oc5c4c3c12. The summed E-state index contributed by atoms with van der Waals surface area (Å²) in [5.74, 6) is 0.457. The van der Waals surface area contributed by atoms with Crippen LogP contribution in [0.2, 0.25) is 0 Å². The number of para-hydroxylation sites is 3. The maximum atomic E-state index is 11.8. The van der Waals surface area contributed by atoms with E-state index in [9.17, 15) is 5.26 Å². The van der Waals surface area contributed by atoms with Crippen LogP contribution in [0.4, 0.5) is 22.7 Å². The number of benzene rings is 8. The number of hydrogen-bond acceptors (Lipinski definition) is 7. The van der Waals surface area contributed by atoms with Gasteiger partial charge in [0.25, 0.3) is 0 Å². The van der Waals surface area contributed by atoms with Gasteiger partial charge < -0.3 is 23.5 Å². The summed E-state index contributed by atoms with van der Waals surface area (Å²) in [7, 11) is 0. The Morgan fingerprint density at radius 3 is 2.08 bits per heavy atom. The van der Waals surface area contributed by atoms with Crippen LogP contribution >= 0.6 is 0 Å². The maximum absolute atomic E-state index is 11.8. The fourth-order valence-electron chi connectivity index (χ4n) is 12.8. The highest BCUT2D eigenvalue weighted by molar-refractivity contribution is 6.40. The van der Waals surface area contributed by atoms with Gasteiger partial charge in [0, 0.05) is 98.0 Å². The Hall–Kier alpha value is -9.12. The lowest BCUT2D eigenvalue weighted by atomic mass is 9.83. The van der Waals surface area contributed by atoms with Crippen LogP contribution in [0, 0.1) is 17.2 Å². The molecule has 14 rings (SSSR count). The molecule has 1 fully saturated rings. The Morgan fingerprint density at radius 1 is 0.603 bits per heavy atom. The molecule has 78 heavy (non-hydrogen) atoms. The molecule has 1 aliphatic carbocycles. The van der Waals surface area contributed by atoms with Crippen molar-refractivity contribution in [2.45, 2.75) is 58.3 Å². The van der Waals surface area contributed by atoms with Gasteiger partial charge in [-0.1, -0.05) is 180 Å². The molecule has 7 nitrogen and oxygen atoms in total. The first-order chi connectivity index (χ1) is 38.3. The summed E-state index contributed by atoms with van der Waals surface area (Å²) in [5.41, 5.74) is 14.7. The topological polar surface area (TPSA) is 72.2 Å². The summed E-state index contributed by atoms with van der Waals surface area (Å²) in [5, 5.41) is 19.4. The summed E-state index contributed by atoms with van der Waals surface area (Å²) in [6, 6.07) is 51.8. The first-order valence-corrected chi connectivity index (χ1v) is 27.7. The monoisotopic (exact) mass is 1010 g/mol. The number of allylic oxidation sites excluding steroid dienone is 6. The number of nitriles is 1. The molecule has 0 unspecified atom stereocenters. The predicted octanol–water partition coefficient (Wildman–Crippen LogP) is 18.3. The molecule has 0 N–H and O–H groups in total. The lowest BCUT2D eigenvalue weighted by Gasteiger charge is -2.35. The number of aliphatic imine (C=N–C) groups is 1. The van der Waals surface area contributed by atoms with Crippen molar-refractivity contribution in [3.63, 3.8) is 0 Å². The van der Waals surface area contributed by atoms with E-state index < -0.39 is 0 Å². The lowest BCUT2D eigenvalue weighted by molar-refractivity contribution is 0.407. The molecule has 380 valence electrons. The second kappa shape index (κ2) is 19.2. The van der Waals surface area contributed by atoms with Crippen LogP contribution in [0.25, 0.3) is 71.0 Å². The second-order valence-corrected chi connectivity index (χ2v) is 22.3. The highest BCUT2D eigenvalue weighted by Crippen LogP contribution is 2.55. The zero-order valence-corrected chi connectivity index (χ0v) is 44.3. The second-order valence-electron chi connectivity index (χ2n) is 22.3. The lowest BCUT2D eigenvalue weighted by Crippen LogP contribution is -2.27. The van der Waals surface area contributed by atoms with Gasteiger partial charge in [-0.3, -0.25) is 0 Å². The molecule has 10 aromatic rings. The molecule has 0 amide bonds. The number of anilines is 3. The molecular formula is C71H59N5O2. The van der Waals surface area contributed by atoms with Gasteiger partial charge in [0.05, 0.1) is 40.1 Å². The van der Waals surface area contributed by atoms with E-state index in [1.54, 1.807) is 0 Å². The van der Waals surface area contributed by atoms with Crippen LogP contribution in [0.1, 0.15) is 80.7 Å². The van der Waals surface area contributed by atoms with Gasteiger partial charge in [0.15, 0.2) is 5.58 Å². The van der Waals surface area contributed by atoms with Crippen molar-refractivity contribution in [2.24, 2.45) is 10.9 Å². The summed E-state index contributed by atoms with van der Waals surface area (Å²) < 4.78 is 14.9. The Kier molecular flexibility index (Phi) is 11.6. The molecule has 5 heterocycles. The van der Waals surface area contributed by atoms with E-state index in [1.807, 2.05) is 12.1 Å². The van der Waals surface area contributed by atoms with Gasteiger partial charge in [-0.15, -0.1) is 0 Å². The fraction of sp³-hybridized carbons (Fsp3) is 0.183.